The van der Waals surface area contributed by atoms with Gasteiger partial charge in [0, 0.05) is 0 Å². The van der Waals surface area contributed by atoms with Gasteiger partial charge in [-0.05, 0) is 30.7 Å². The molecule has 10 heteroatoms. The quantitative estimate of drug-likeness (QED) is 0.567. The summed E-state index contributed by atoms with van der Waals surface area (Å²) in [5.41, 5.74) is 2.10. The van der Waals surface area contributed by atoms with Crippen LogP contribution in [0.2, 0.25) is 0 Å². The molecule has 0 unspecified atom stereocenters. The summed E-state index contributed by atoms with van der Waals surface area (Å²) in [4.78, 5) is 12.3. The second kappa shape index (κ2) is 8.15. The third-order valence-electron chi connectivity index (χ3n) is 3.30. The van der Waals surface area contributed by atoms with E-state index in [1.165, 1.54) is 23.1 Å². The van der Waals surface area contributed by atoms with E-state index in [1.54, 1.807) is 0 Å². The Labute approximate surface area is 155 Å². The largest absolute Gasteiger partial charge is 0.299 e. The smallest absolute Gasteiger partial charge is 0.246 e. The normalized spacial score (nSPS) is 11.4. The van der Waals surface area contributed by atoms with Crippen molar-refractivity contribution < 1.29 is 13.2 Å². The summed E-state index contributed by atoms with van der Waals surface area (Å²) in [6.07, 6.45) is 1.09. The molecule has 0 bridgehead atoms. The number of hydrogen-bond donors (Lipinski definition) is 1. The van der Waals surface area contributed by atoms with Gasteiger partial charge >= 0.3 is 0 Å². The predicted molar refractivity (Wildman–Crippen MR) is 103 cm³/mol. The lowest BCUT2D eigenvalue weighted by Crippen LogP contribution is -2.38. The van der Waals surface area contributed by atoms with Crippen molar-refractivity contribution in [2.45, 2.75) is 25.1 Å². The number of amides is 1. The van der Waals surface area contributed by atoms with Gasteiger partial charge in [0.05, 0.1) is 11.9 Å². The highest BCUT2D eigenvalue weighted by Gasteiger charge is 2.24. The molecule has 1 heterocycles. The van der Waals surface area contributed by atoms with Crippen LogP contribution < -0.4 is 9.62 Å². The lowest BCUT2D eigenvalue weighted by atomic mass is 10.1. The first-order valence-electron chi connectivity index (χ1n) is 7.52. The highest BCUT2D eigenvalue weighted by Crippen LogP contribution is 2.27. The Bertz CT molecular complexity index is 844. The molecule has 2 rings (SSSR count). The first-order valence-corrected chi connectivity index (χ1v) is 11.2. The van der Waals surface area contributed by atoms with Crippen LogP contribution >= 0.6 is 23.1 Å². The number of nitrogens with one attached hydrogen (secondary N) is 1. The van der Waals surface area contributed by atoms with Crippen LogP contribution in [-0.2, 0) is 14.8 Å². The first kappa shape index (κ1) is 19.7. The van der Waals surface area contributed by atoms with Gasteiger partial charge < -0.3 is 0 Å². The molecule has 0 aliphatic rings. The zero-order chi connectivity index (χ0) is 18.6. The van der Waals surface area contributed by atoms with Crippen LogP contribution in [0, 0.1) is 13.8 Å². The van der Waals surface area contributed by atoms with Gasteiger partial charge in [-0.1, -0.05) is 48.2 Å². The third-order valence-corrected chi connectivity index (χ3v) is 6.26. The minimum absolute atomic E-state index is 0.319. The molecular weight excluding hydrogens is 380 g/mol. The molecule has 0 saturated carbocycles. The Morgan fingerprint density at radius 1 is 1.28 bits per heavy atom. The number of sulfonamides is 1. The molecule has 1 aromatic carbocycles. The number of thioether (sulfide) groups is 1. The van der Waals surface area contributed by atoms with E-state index < -0.39 is 15.9 Å². The summed E-state index contributed by atoms with van der Waals surface area (Å²) in [6, 6.07) is 5.48. The van der Waals surface area contributed by atoms with Gasteiger partial charge in [0.15, 0.2) is 4.34 Å². The van der Waals surface area contributed by atoms with Crippen molar-refractivity contribution in [2.24, 2.45) is 0 Å². The van der Waals surface area contributed by atoms with E-state index in [0.717, 1.165) is 31.8 Å². The fourth-order valence-electron chi connectivity index (χ4n) is 2.29. The highest BCUT2D eigenvalue weighted by atomic mass is 32.2. The second-order valence-corrected chi connectivity index (χ2v) is 9.76. The summed E-state index contributed by atoms with van der Waals surface area (Å²) >= 11 is 2.79. The Morgan fingerprint density at radius 3 is 2.48 bits per heavy atom. The molecule has 0 saturated heterocycles. The molecule has 1 amide bonds. The van der Waals surface area contributed by atoms with Crippen LogP contribution in [0.15, 0.2) is 22.5 Å². The molecule has 0 fully saturated rings. The number of aryl methyl sites for hydroxylation is 2. The molecule has 0 aliphatic heterocycles. The number of hydrogen-bond acceptors (Lipinski definition) is 7. The fourth-order valence-corrected chi connectivity index (χ4v) is 4.93. The minimum Gasteiger partial charge on any atom is -0.299 e. The van der Waals surface area contributed by atoms with E-state index in [1.807, 2.05) is 39.0 Å². The number of carbonyl (C=O) groups is 1. The molecule has 1 N–H and O–H groups in total. The van der Waals surface area contributed by atoms with Crippen LogP contribution in [-0.4, -0.2) is 43.1 Å². The molecule has 0 atom stereocenters. The Kier molecular flexibility index (Phi) is 6.42. The zero-order valence-corrected chi connectivity index (χ0v) is 16.9. The maximum Gasteiger partial charge on any atom is 0.246 e. The summed E-state index contributed by atoms with van der Waals surface area (Å²) in [5, 5.41) is 10.8. The number of para-hydroxylation sites is 1. The second-order valence-electron chi connectivity index (χ2n) is 5.36. The maximum atomic E-state index is 12.3. The molecule has 136 valence electrons. The average Bonchev–Trinajstić information content (AvgIpc) is 2.92. The zero-order valence-electron chi connectivity index (χ0n) is 14.4. The minimum atomic E-state index is -3.62. The van der Waals surface area contributed by atoms with Gasteiger partial charge in [0.2, 0.25) is 21.1 Å². The first-order chi connectivity index (χ1) is 11.7. The van der Waals surface area contributed by atoms with E-state index in [-0.39, 0.29) is 6.54 Å². The predicted octanol–water partition coefficient (Wildman–Crippen LogP) is 2.67. The van der Waals surface area contributed by atoms with E-state index in [0.29, 0.717) is 10.8 Å². The number of benzene rings is 1. The van der Waals surface area contributed by atoms with Gasteiger partial charge in [-0.3, -0.25) is 14.4 Å². The van der Waals surface area contributed by atoms with Gasteiger partial charge in [0.1, 0.15) is 6.54 Å². The average molecular weight is 401 g/mol. The van der Waals surface area contributed by atoms with Crippen molar-refractivity contribution in [3.05, 3.63) is 29.3 Å². The van der Waals surface area contributed by atoms with Gasteiger partial charge in [-0.15, -0.1) is 10.2 Å². The van der Waals surface area contributed by atoms with E-state index in [9.17, 15) is 13.2 Å². The SMILES string of the molecule is CCSc1nnc(NC(=O)CN(c2c(C)cccc2C)S(C)(=O)=O)s1. The van der Waals surface area contributed by atoms with Crippen molar-refractivity contribution in [3.8, 4) is 0 Å². The topological polar surface area (TPSA) is 92.3 Å². The molecule has 0 radical (unpaired) electrons. The van der Waals surface area contributed by atoms with Crippen LogP contribution in [0.25, 0.3) is 0 Å². The van der Waals surface area contributed by atoms with Crippen molar-refractivity contribution in [3.63, 3.8) is 0 Å². The number of aromatic nitrogens is 2. The molecule has 2 aromatic rings. The number of carbonyl (C=O) groups excluding carboxylic acids is 1. The molecule has 0 aliphatic carbocycles. The fraction of sp³-hybridized carbons (Fsp3) is 0.400. The van der Waals surface area contributed by atoms with Crippen LogP contribution in [0.5, 0.6) is 0 Å². The summed E-state index contributed by atoms with van der Waals surface area (Å²) < 4.78 is 26.3. The van der Waals surface area contributed by atoms with E-state index >= 15 is 0 Å². The van der Waals surface area contributed by atoms with Crippen molar-refractivity contribution >= 4 is 49.8 Å². The third kappa shape index (κ3) is 5.16. The number of anilines is 2. The lowest BCUT2D eigenvalue weighted by molar-refractivity contribution is -0.114. The molecule has 0 spiro atoms. The monoisotopic (exact) mass is 400 g/mol. The maximum absolute atomic E-state index is 12.3. The summed E-state index contributed by atoms with van der Waals surface area (Å²) in [6.45, 7) is 5.31. The lowest BCUT2D eigenvalue weighted by Gasteiger charge is -2.25. The van der Waals surface area contributed by atoms with Crippen molar-refractivity contribution in [1.82, 2.24) is 10.2 Å². The van der Waals surface area contributed by atoms with Crippen molar-refractivity contribution in [1.29, 1.82) is 0 Å². The van der Waals surface area contributed by atoms with Crippen LogP contribution in [0.3, 0.4) is 0 Å². The number of rotatable bonds is 7. The standard InChI is InChI=1S/C15H20N4O3S3/c1-5-23-15-18-17-14(24-15)16-12(20)9-19(25(4,21)22)13-10(2)7-6-8-11(13)3/h6-8H,5,9H2,1-4H3,(H,16,17,20). The Hall–Kier alpha value is -1.65. The molecular formula is C15H20N4O3S3. The van der Waals surface area contributed by atoms with Gasteiger partial charge in [-0.2, -0.15) is 0 Å². The van der Waals surface area contributed by atoms with E-state index in [4.69, 9.17) is 0 Å². The molecule has 25 heavy (non-hydrogen) atoms. The van der Waals surface area contributed by atoms with E-state index in [2.05, 4.69) is 15.5 Å². The van der Waals surface area contributed by atoms with Crippen LogP contribution in [0.4, 0.5) is 10.8 Å². The molecule has 7 nitrogen and oxygen atoms in total. The molecule has 1 aromatic heterocycles. The Balaban J connectivity index is 2.21. The van der Waals surface area contributed by atoms with Gasteiger partial charge in [0.25, 0.3) is 0 Å². The van der Waals surface area contributed by atoms with Gasteiger partial charge in [-0.25, -0.2) is 8.42 Å². The summed E-state index contributed by atoms with van der Waals surface area (Å²) in [7, 11) is -3.62. The highest BCUT2D eigenvalue weighted by molar-refractivity contribution is 8.01. The van der Waals surface area contributed by atoms with Crippen molar-refractivity contribution in [2.75, 3.05) is 28.2 Å². The summed E-state index contributed by atoms with van der Waals surface area (Å²) in [5.74, 6) is 0.397. The Morgan fingerprint density at radius 2 is 1.92 bits per heavy atom. The van der Waals surface area contributed by atoms with Crippen LogP contribution in [0.1, 0.15) is 18.1 Å². The number of nitrogens with zero attached hydrogens (tertiary/aromatic N) is 3.